The molecule has 1 aromatic carbocycles. The second kappa shape index (κ2) is 16.0. The molecule has 0 fully saturated rings. The first-order chi connectivity index (χ1) is 14.1. The van der Waals surface area contributed by atoms with Crippen molar-refractivity contribution in [1.82, 2.24) is 14.2 Å². The van der Waals surface area contributed by atoms with Gasteiger partial charge < -0.3 is 4.74 Å². The molecule has 1 rings (SSSR count). The second-order valence-corrected chi connectivity index (χ2v) is 9.29. The number of rotatable bonds is 13. The maximum Gasteiger partial charge on any atom is 0.422 e. The van der Waals surface area contributed by atoms with E-state index in [0.29, 0.717) is 13.1 Å². The first-order valence-electron chi connectivity index (χ1n) is 9.85. The van der Waals surface area contributed by atoms with Gasteiger partial charge in [0.15, 0.2) is 0 Å². The van der Waals surface area contributed by atoms with Crippen molar-refractivity contribution in [2.45, 2.75) is 59.0 Å². The lowest BCUT2D eigenvalue weighted by molar-refractivity contribution is 0.146. The van der Waals surface area contributed by atoms with E-state index in [4.69, 9.17) is 4.74 Å². The molecule has 0 aliphatic rings. The van der Waals surface area contributed by atoms with Crippen LogP contribution in [0.2, 0.25) is 0 Å². The fourth-order valence-electron chi connectivity index (χ4n) is 2.07. The van der Waals surface area contributed by atoms with E-state index < -0.39 is 26.5 Å². The molecular formula is C18H34N4O6S2. The molecule has 1 aromatic rings. The number of nitrogens with one attached hydrogen (secondary N) is 3. The molecule has 10 nitrogen and oxygen atoms in total. The molecule has 30 heavy (non-hydrogen) atoms. The van der Waals surface area contributed by atoms with Crippen LogP contribution in [0.25, 0.3) is 0 Å². The summed E-state index contributed by atoms with van der Waals surface area (Å²) >= 11 is 0. The molecule has 1 amide bonds. The molecule has 0 aliphatic carbocycles. The van der Waals surface area contributed by atoms with Crippen molar-refractivity contribution in [1.29, 1.82) is 0 Å². The summed E-state index contributed by atoms with van der Waals surface area (Å²) in [5, 5.41) is 4.68. The summed E-state index contributed by atoms with van der Waals surface area (Å²) in [6, 6.07) is 9.02. The van der Waals surface area contributed by atoms with Crippen LogP contribution in [-0.2, 0) is 31.8 Å². The molecule has 174 valence electrons. The molecule has 0 aliphatic heterocycles. The minimum atomic E-state index is -3.84. The largest absolute Gasteiger partial charge is 0.444 e. The van der Waals surface area contributed by atoms with Crippen LogP contribution in [0.1, 0.15) is 57.9 Å². The Morgan fingerprint density at radius 3 is 1.93 bits per heavy atom. The maximum atomic E-state index is 11.5. The zero-order valence-corrected chi connectivity index (χ0v) is 19.2. The third-order valence-corrected chi connectivity index (χ3v) is 5.21. The first kappa shape index (κ1) is 28.3. The molecule has 0 saturated carbocycles. The molecule has 5 N–H and O–H groups in total. The van der Waals surface area contributed by atoms with Gasteiger partial charge in [0, 0.05) is 13.1 Å². The summed E-state index contributed by atoms with van der Waals surface area (Å²) in [5.74, 6) is 0. The number of nitrogens with two attached hydrogens (primary N) is 1. The molecule has 0 atom stereocenters. The lowest BCUT2D eigenvalue weighted by Gasteiger charge is -2.08. The Labute approximate surface area is 180 Å². The fourth-order valence-corrected chi connectivity index (χ4v) is 3.26. The first-order valence-corrected chi connectivity index (χ1v) is 12.9. The van der Waals surface area contributed by atoms with Crippen molar-refractivity contribution < 1.29 is 26.4 Å². The van der Waals surface area contributed by atoms with E-state index in [1.807, 2.05) is 25.1 Å². The van der Waals surface area contributed by atoms with Gasteiger partial charge >= 0.3 is 16.3 Å². The van der Waals surface area contributed by atoms with Gasteiger partial charge in [-0.15, -0.1) is 0 Å². The van der Waals surface area contributed by atoms with E-state index in [2.05, 4.69) is 21.5 Å². The van der Waals surface area contributed by atoms with Crippen molar-refractivity contribution in [3.05, 3.63) is 35.9 Å². The SMILES string of the molecule is CCCCCNS(=O)(=O)NC(=O)OCc1ccccc1.CCCCCNS(N)(=O)=O. The minimum Gasteiger partial charge on any atom is -0.444 e. The Morgan fingerprint density at radius 1 is 0.900 bits per heavy atom. The van der Waals surface area contributed by atoms with Crippen LogP contribution in [0.15, 0.2) is 30.3 Å². The number of amides is 1. The van der Waals surface area contributed by atoms with Gasteiger partial charge in [-0.1, -0.05) is 69.9 Å². The Bertz CT molecular complexity index is 786. The van der Waals surface area contributed by atoms with Gasteiger partial charge in [0.05, 0.1) is 0 Å². The Hall–Kier alpha value is -1.73. The quantitative estimate of drug-likeness (QED) is 0.325. The van der Waals surface area contributed by atoms with E-state index in [-0.39, 0.29) is 6.61 Å². The lowest BCUT2D eigenvalue weighted by Crippen LogP contribution is -2.40. The molecular weight excluding hydrogens is 432 g/mol. The van der Waals surface area contributed by atoms with Crippen LogP contribution >= 0.6 is 0 Å². The highest BCUT2D eigenvalue weighted by Crippen LogP contribution is 2.00. The Morgan fingerprint density at radius 2 is 1.43 bits per heavy atom. The lowest BCUT2D eigenvalue weighted by atomic mass is 10.2. The zero-order chi connectivity index (χ0) is 22.9. The maximum absolute atomic E-state index is 11.5. The molecule has 0 radical (unpaired) electrons. The minimum absolute atomic E-state index is 0.0258. The van der Waals surface area contributed by atoms with E-state index in [9.17, 15) is 21.6 Å². The highest BCUT2D eigenvalue weighted by atomic mass is 32.2. The van der Waals surface area contributed by atoms with Crippen molar-refractivity contribution >= 4 is 26.5 Å². The third kappa shape index (κ3) is 18.3. The number of carbonyl (C=O) groups is 1. The van der Waals surface area contributed by atoms with Crippen LogP contribution in [0.3, 0.4) is 0 Å². The van der Waals surface area contributed by atoms with Gasteiger partial charge in [-0.3, -0.25) is 0 Å². The molecule has 0 bridgehead atoms. The van der Waals surface area contributed by atoms with Crippen molar-refractivity contribution in [2.75, 3.05) is 13.1 Å². The fraction of sp³-hybridized carbons (Fsp3) is 0.611. The summed E-state index contributed by atoms with van der Waals surface area (Å²) < 4.78 is 54.6. The van der Waals surface area contributed by atoms with Gasteiger partial charge in [-0.05, 0) is 18.4 Å². The average molecular weight is 467 g/mol. The number of benzene rings is 1. The number of ether oxygens (including phenoxy) is 1. The predicted molar refractivity (Wildman–Crippen MR) is 117 cm³/mol. The predicted octanol–water partition coefficient (Wildman–Crippen LogP) is 1.91. The second-order valence-electron chi connectivity index (χ2n) is 6.42. The van der Waals surface area contributed by atoms with E-state index in [1.54, 1.807) is 16.9 Å². The van der Waals surface area contributed by atoms with Crippen LogP contribution in [0.5, 0.6) is 0 Å². The smallest absolute Gasteiger partial charge is 0.422 e. The molecule has 0 heterocycles. The van der Waals surface area contributed by atoms with Crippen molar-refractivity contribution in [3.63, 3.8) is 0 Å². The van der Waals surface area contributed by atoms with Crippen molar-refractivity contribution in [3.8, 4) is 0 Å². The van der Waals surface area contributed by atoms with Crippen molar-refractivity contribution in [2.24, 2.45) is 5.14 Å². The van der Waals surface area contributed by atoms with Crippen LogP contribution in [0.4, 0.5) is 4.79 Å². The molecule has 0 saturated heterocycles. The standard InChI is InChI=1S/C13H20N2O4S.C5H14N2O2S/c1-2-3-7-10-14-20(17,18)15-13(16)19-11-12-8-5-4-6-9-12;1-2-3-4-5-7-10(6,8)9/h4-6,8-9,14H,2-3,7,10-11H2,1H3,(H,15,16);7H,2-5H2,1H3,(H2,6,8,9). The highest BCUT2D eigenvalue weighted by Gasteiger charge is 2.14. The van der Waals surface area contributed by atoms with E-state index in [0.717, 1.165) is 44.1 Å². The number of carbonyl (C=O) groups excluding carboxylic acids is 1. The zero-order valence-electron chi connectivity index (χ0n) is 17.6. The third-order valence-electron chi connectivity index (χ3n) is 3.59. The highest BCUT2D eigenvalue weighted by molar-refractivity contribution is 7.88. The topological polar surface area (TPSA) is 157 Å². The molecule has 0 aromatic heterocycles. The molecule has 0 unspecified atom stereocenters. The van der Waals surface area contributed by atoms with Crippen LogP contribution < -0.4 is 19.3 Å². The van der Waals surface area contributed by atoms with Gasteiger partial charge in [0.25, 0.3) is 10.2 Å². The number of hydrogen-bond acceptors (Lipinski definition) is 6. The summed E-state index contributed by atoms with van der Waals surface area (Å²) in [7, 11) is -7.29. The number of hydrogen-bond donors (Lipinski definition) is 4. The summed E-state index contributed by atoms with van der Waals surface area (Å²) in [4.78, 5) is 11.4. The summed E-state index contributed by atoms with van der Waals surface area (Å²) in [5.41, 5.74) is 0.788. The van der Waals surface area contributed by atoms with Crippen LogP contribution in [-0.4, -0.2) is 36.0 Å². The Kier molecular flexibility index (Phi) is 15.1. The normalized spacial score (nSPS) is 11.3. The Balaban J connectivity index is 0.000000710. The van der Waals surface area contributed by atoms with E-state index in [1.165, 1.54) is 0 Å². The summed E-state index contributed by atoms with van der Waals surface area (Å²) in [6.07, 6.45) is 4.63. The van der Waals surface area contributed by atoms with Gasteiger partial charge in [0.2, 0.25) is 0 Å². The number of unbranched alkanes of at least 4 members (excludes halogenated alkanes) is 4. The average Bonchev–Trinajstić information content (AvgIpc) is 2.67. The molecule has 12 heteroatoms. The van der Waals surface area contributed by atoms with E-state index >= 15 is 0 Å². The monoisotopic (exact) mass is 466 g/mol. The molecule has 0 spiro atoms. The summed E-state index contributed by atoms with van der Waals surface area (Å²) in [6.45, 7) is 4.85. The van der Waals surface area contributed by atoms with Gasteiger partial charge in [-0.25, -0.2) is 19.4 Å². The van der Waals surface area contributed by atoms with Gasteiger partial charge in [-0.2, -0.15) is 21.6 Å². The van der Waals surface area contributed by atoms with Gasteiger partial charge in [0.1, 0.15) is 6.61 Å². The van der Waals surface area contributed by atoms with Crippen LogP contribution in [0, 0.1) is 0 Å².